The summed E-state index contributed by atoms with van der Waals surface area (Å²) in [4.78, 5) is 28.8. The Morgan fingerprint density at radius 3 is 2.57 bits per heavy atom. The summed E-state index contributed by atoms with van der Waals surface area (Å²) in [5.74, 6) is -0.265. The molecule has 2 aromatic rings. The van der Waals surface area contributed by atoms with E-state index in [0.717, 1.165) is 17.7 Å². The smallest absolute Gasteiger partial charge is 0.227 e. The minimum absolute atomic E-state index is 0.00541. The molecule has 2 atom stereocenters. The van der Waals surface area contributed by atoms with Crippen LogP contribution < -0.4 is 4.90 Å². The number of aryl methyl sites for hydroxylation is 1. The molecule has 5 nitrogen and oxygen atoms in total. The van der Waals surface area contributed by atoms with E-state index in [1.807, 2.05) is 50.4 Å². The fourth-order valence-corrected chi connectivity index (χ4v) is 4.08. The average Bonchev–Trinajstić information content (AvgIpc) is 3.09. The lowest BCUT2D eigenvalue weighted by Crippen LogP contribution is -2.41. The number of fused-ring (bicyclic) bond motifs is 1. The molecule has 0 spiro atoms. The predicted molar refractivity (Wildman–Crippen MR) is 108 cm³/mol. The number of nitrogens with zero attached hydrogens (tertiary/aromatic N) is 2. The van der Waals surface area contributed by atoms with Gasteiger partial charge >= 0.3 is 0 Å². The van der Waals surface area contributed by atoms with Crippen molar-refractivity contribution in [1.29, 1.82) is 0 Å². The maximum absolute atomic E-state index is 12.9. The average molecular weight is 378 g/mol. The first-order valence-corrected chi connectivity index (χ1v) is 9.81. The molecule has 2 aliphatic heterocycles. The Hall–Kier alpha value is -2.66. The van der Waals surface area contributed by atoms with Crippen molar-refractivity contribution >= 4 is 17.5 Å². The van der Waals surface area contributed by atoms with Crippen molar-refractivity contribution in [1.82, 2.24) is 4.90 Å². The lowest BCUT2D eigenvalue weighted by molar-refractivity contribution is -0.136. The van der Waals surface area contributed by atoms with E-state index in [4.69, 9.17) is 4.74 Å². The second-order valence-electron chi connectivity index (χ2n) is 7.87. The van der Waals surface area contributed by atoms with Gasteiger partial charge in [-0.3, -0.25) is 9.59 Å². The molecule has 4 rings (SSSR count). The molecule has 0 bridgehead atoms. The van der Waals surface area contributed by atoms with Crippen LogP contribution in [0.15, 0.2) is 48.5 Å². The van der Waals surface area contributed by atoms with Crippen molar-refractivity contribution in [3.05, 3.63) is 65.2 Å². The number of likely N-dealkylation sites (N-methyl/N-ethyl adjacent to an activating group) is 1. The van der Waals surface area contributed by atoms with Gasteiger partial charge in [0.1, 0.15) is 0 Å². The van der Waals surface area contributed by atoms with Crippen LogP contribution in [0.4, 0.5) is 5.69 Å². The fraction of sp³-hybridized carbons (Fsp3) is 0.391. The highest BCUT2D eigenvalue weighted by atomic mass is 16.5. The molecule has 146 valence electrons. The maximum Gasteiger partial charge on any atom is 0.227 e. The third-order valence-corrected chi connectivity index (χ3v) is 5.71. The van der Waals surface area contributed by atoms with E-state index in [-0.39, 0.29) is 30.3 Å². The van der Waals surface area contributed by atoms with Crippen LogP contribution in [0.25, 0.3) is 0 Å². The molecule has 2 aliphatic rings. The van der Waals surface area contributed by atoms with Gasteiger partial charge in [0.05, 0.1) is 18.6 Å². The first kappa shape index (κ1) is 18.7. The molecule has 28 heavy (non-hydrogen) atoms. The number of benzene rings is 2. The van der Waals surface area contributed by atoms with Crippen molar-refractivity contribution in [3.8, 4) is 0 Å². The van der Waals surface area contributed by atoms with Crippen molar-refractivity contribution in [2.24, 2.45) is 5.92 Å². The highest BCUT2D eigenvalue weighted by molar-refractivity contribution is 6.00. The summed E-state index contributed by atoms with van der Waals surface area (Å²) in [7, 11) is 1.81. The number of carbonyl (C=O) groups excluding carboxylic acids is 2. The summed E-state index contributed by atoms with van der Waals surface area (Å²) in [5, 5.41) is 0. The van der Waals surface area contributed by atoms with E-state index in [0.29, 0.717) is 19.7 Å². The zero-order valence-electron chi connectivity index (χ0n) is 16.4. The van der Waals surface area contributed by atoms with E-state index >= 15 is 0 Å². The Morgan fingerprint density at radius 1 is 1.11 bits per heavy atom. The molecule has 0 radical (unpaired) electrons. The lowest BCUT2D eigenvalue weighted by Gasteiger charge is -2.30. The Bertz CT molecular complexity index is 878. The van der Waals surface area contributed by atoms with Crippen LogP contribution in [0.3, 0.4) is 0 Å². The zero-order chi connectivity index (χ0) is 19.7. The van der Waals surface area contributed by atoms with Crippen LogP contribution in [0, 0.1) is 12.8 Å². The Kier molecular flexibility index (Phi) is 5.18. The van der Waals surface area contributed by atoms with Gasteiger partial charge in [0, 0.05) is 38.7 Å². The summed E-state index contributed by atoms with van der Waals surface area (Å²) < 4.78 is 5.94. The lowest BCUT2D eigenvalue weighted by atomic mass is 9.98. The van der Waals surface area contributed by atoms with Gasteiger partial charge in [-0.25, -0.2) is 0 Å². The number of hydrogen-bond donors (Lipinski definition) is 0. The monoisotopic (exact) mass is 378 g/mol. The maximum atomic E-state index is 12.9. The van der Waals surface area contributed by atoms with Crippen molar-refractivity contribution < 1.29 is 14.3 Å². The molecule has 0 N–H and O–H groups in total. The minimum atomic E-state index is -0.297. The SMILES string of the molecule is Cc1ccc(N2CC(C(=O)N(C)CC3Cc4ccccc4CO3)CC2=O)cc1. The molecular weight excluding hydrogens is 352 g/mol. The highest BCUT2D eigenvalue weighted by Crippen LogP contribution is 2.27. The second kappa shape index (κ2) is 7.76. The van der Waals surface area contributed by atoms with E-state index in [1.54, 1.807) is 9.80 Å². The molecule has 1 fully saturated rings. The topological polar surface area (TPSA) is 49.9 Å². The van der Waals surface area contributed by atoms with Crippen molar-refractivity contribution in [2.75, 3.05) is 25.0 Å². The second-order valence-corrected chi connectivity index (χ2v) is 7.87. The van der Waals surface area contributed by atoms with Gasteiger partial charge in [-0.1, -0.05) is 42.0 Å². The molecule has 0 aliphatic carbocycles. The fourth-order valence-electron chi connectivity index (χ4n) is 4.08. The van der Waals surface area contributed by atoms with E-state index in [9.17, 15) is 9.59 Å². The quantitative estimate of drug-likeness (QED) is 0.822. The van der Waals surface area contributed by atoms with Gasteiger partial charge in [0.15, 0.2) is 0 Å². The number of hydrogen-bond acceptors (Lipinski definition) is 3. The molecule has 0 saturated carbocycles. The van der Waals surface area contributed by atoms with Crippen LogP contribution in [0.5, 0.6) is 0 Å². The van der Waals surface area contributed by atoms with Crippen LogP contribution in [0.2, 0.25) is 0 Å². The third kappa shape index (κ3) is 3.80. The zero-order valence-corrected chi connectivity index (χ0v) is 16.4. The van der Waals surface area contributed by atoms with E-state index in [1.165, 1.54) is 11.1 Å². The minimum Gasteiger partial charge on any atom is -0.371 e. The summed E-state index contributed by atoms with van der Waals surface area (Å²) in [6.07, 6.45) is 1.08. The molecule has 1 saturated heterocycles. The Balaban J connectivity index is 1.37. The number of carbonyl (C=O) groups is 2. The van der Waals surface area contributed by atoms with Gasteiger partial charge in [-0.2, -0.15) is 0 Å². The number of rotatable bonds is 4. The standard InChI is InChI=1S/C23H26N2O3/c1-16-7-9-20(10-8-16)25-13-19(12-22(25)26)23(27)24(2)14-21-11-17-5-3-4-6-18(17)15-28-21/h3-10,19,21H,11-15H2,1-2H3. The van der Waals surface area contributed by atoms with Crippen LogP contribution in [-0.4, -0.2) is 43.0 Å². The molecular formula is C23H26N2O3. The summed E-state index contributed by atoms with van der Waals surface area (Å²) in [5.41, 5.74) is 4.53. The molecule has 2 aromatic carbocycles. The van der Waals surface area contributed by atoms with Crippen LogP contribution in [-0.2, 0) is 27.4 Å². The van der Waals surface area contributed by atoms with Gasteiger partial charge < -0.3 is 14.5 Å². The van der Waals surface area contributed by atoms with Crippen LogP contribution >= 0.6 is 0 Å². The normalized spacial score (nSPS) is 21.5. The van der Waals surface area contributed by atoms with Crippen molar-refractivity contribution in [3.63, 3.8) is 0 Å². The Morgan fingerprint density at radius 2 is 1.82 bits per heavy atom. The molecule has 2 unspecified atom stereocenters. The predicted octanol–water partition coefficient (Wildman–Crippen LogP) is 2.95. The molecule has 0 aromatic heterocycles. The van der Waals surface area contributed by atoms with Gasteiger partial charge in [-0.15, -0.1) is 0 Å². The van der Waals surface area contributed by atoms with Gasteiger partial charge in [-0.05, 0) is 30.2 Å². The number of anilines is 1. The largest absolute Gasteiger partial charge is 0.371 e. The van der Waals surface area contributed by atoms with Crippen LogP contribution in [0.1, 0.15) is 23.1 Å². The van der Waals surface area contributed by atoms with Gasteiger partial charge in [0.25, 0.3) is 0 Å². The molecule has 5 heteroatoms. The summed E-state index contributed by atoms with van der Waals surface area (Å²) in [6, 6.07) is 16.1. The Labute approximate surface area is 165 Å². The van der Waals surface area contributed by atoms with Crippen molar-refractivity contribution in [2.45, 2.75) is 32.5 Å². The first-order chi connectivity index (χ1) is 13.5. The number of amides is 2. The summed E-state index contributed by atoms with van der Waals surface area (Å²) in [6.45, 7) is 3.59. The first-order valence-electron chi connectivity index (χ1n) is 9.81. The molecule has 2 amide bonds. The summed E-state index contributed by atoms with van der Waals surface area (Å²) >= 11 is 0. The highest BCUT2D eigenvalue weighted by Gasteiger charge is 2.37. The van der Waals surface area contributed by atoms with E-state index < -0.39 is 0 Å². The molecule has 2 heterocycles. The third-order valence-electron chi connectivity index (χ3n) is 5.71. The van der Waals surface area contributed by atoms with E-state index in [2.05, 4.69) is 12.1 Å². The number of ether oxygens (including phenoxy) is 1. The van der Waals surface area contributed by atoms with Gasteiger partial charge in [0.2, 0.25) is 11.8 Å².